The van der Waals surface area contributed by atoms with Crippen molar-refractivity contribution in [1.29, 1.82) is 0 Å². The fourth-order valence-corrected chi connectivity index (χ4v) is 7.94. The quantitative estimate of drug-likeness (QED) is 0.270. The number of aromatic nitrogens is 4. The Balaban J connectivity index is 0.00000300. The Morgan fingerprint density at radius 1 is 1.07 bits per heavy atom. The zero-order chi connectivity index (χ0) is 28.5. The van der Waals surface area contributed by atoms with Crippen LogP contribution in [0.2, 0.25) is 0 Å². The Morgan fingerprint density at radius 3 is 2.67 bits per heavy atom. The monoisotopic (exact) mass is 568 g/mol. The molecule has 3 aliphatic carbocycles. The normalized spacial score (nSPS) is 27.1. The lowest BCUT2D eigenvalue weighted by Crippen LogP contribution is -2.42. The maximum absolute atomic E-state index is 6.65. The number of benzene rings is 1. The molecule has 4 fully saturated rings. The van der Waals surface area contributed by atoms with E-state index < -0.39 is 0 Å². The predicted molar refractivity (Wildman–Crippen MR) is 168 cm³/mol. The van der Waals surface area contributed by atoms with Crippen LogP contribution in [0.25, 0.3) is 39.3 Å². The molecule has 222 valence electrons. The van der Waals surface area contributed by atoms with Crippen molar-refractivity contribution in [1.82, 2.24) is 24.0 Å². The van der Waals surface area contributed by atoms with Crippen LogP contribution in [0.4, 0.5) is 0 Å². The van der Waals surface area contributed by atoms with Gasteiger partial charge in [-0.1, -0.05) is 13.0 Å². The number of ether oxygens (including phenoxy) is 2. The molecule has 8 heteroatoms. The van der Waals surface area contributed by atoms with E-state index in [9.17, 15) is 0 Å². The molecule has 0 spiro atoms. The lowest BCUT2D eigenvalue weighted by atomic mass is 9.82. The number of likely N-dealkylation sites (tertiary alicyclic amines) is 1. The molecule has 8 rings (SSSR count). The second-order valence-corrected chi connectivity index (χ2v) is 13.2. The third-order valence-electron chi connectivity index (χ3n) is 10.6. The summed E-state index contributed by atoms with van der Waals surface area (Å²) in [5, 5.41) is 1.16. The van der Waals surface area contributed by atoms with Gasteiger partial charge in [0.25, 0.3) is 0 Å². The van der Waals surface area contributed by atoms with Gasteiger partial charge in [-0.25, -0.2) is 9.97 Å². The molecular formula is C34H44N6O2. The number of imidazole rings is 1. The molecule has 1 aromatic carbocycles. The van der Waals surface area contributed by atoms with Gasteiger partial charge in [-0.2, -0.15) is 0 Å². The van der Waals surface area contributed by atoms with Crippen LogP contribution in [0.3, 0.4) is 0 Å². The summed E-state index contributed by atoms with van der Waals surface area (Å²) in [5.74, 6) is 3.64. The molecule has 4 heterocycles. The maximum atomic E-state index is 6.65. The van der Waals surface area contributed by atoms with Crippen LogP contribution in [0.5, 0.6) is 5.75 Å². The molecule has 4 aromatic rings. The van der Waals surface area contributed by atoms with Crippen LogP contribution < -0.4 is 10.5 Å². The summed E-state index contributed by atoms with van der Waals surface area (Å²) < 4.78 is 16.6. The van der Waals surface area contributed by atoms with Gasteiger partial charge in [0.05, 0.1) is 24.4 Å². The predicted octanol–water partition coefficient (Wildman–Crippen LogP) is 5.92. The second-order valence-electron chi connectivity index (χ2n) is 13.2. The smallest absolute Gasteiger partial charge is 0.158 e. The highest BCUT2D eigenvalue weighted by atomic mass is 16.5. The first kappa shape index (κ1) is 26.3. The van der Waals surface area contributed by atoms with Gasteiger partial charge >= 0.3 is 0 Å². The highest BCUT2D eigenvalue weighted by molar-refractivity contribution is 5.91. The van der Waals surface area contributed by atoms with Crippen molar-refractivity contribution < 1.29 is 10.9 Å². The molecule has 1 saturated heterocycles. The van der Waals surface area contributed by atoms with Crippen molar-refractivity contribution in [2.24, 2.45) is 23.5 Å². The highest BCUT2D eigenvalue weighted by Gasteiger charge is 2.42. The van der Waals surface area contributed by atoms with Crippen LogP contribution in [0.15, 0.2) is 43.1 Å². The Bertz CT molecular complexity index is 1670. The average Bonchev–Trinajstić information content (AvgIpc) is 3.61. The van der Waals surface area contributed by atoms with Crippen molar-refractivity contribution in [3.05, 3.63) is 48.7 Å². The van der Waals surface area contributed by atoms with Gasteiger partial charge in [-0.15, -0.1) is 0 Å². The van der Waals surface area contributed by atoms with Gasteiger partial charge in [0.2, 0.25) is 0 Å². The molecule has 0 radical (unpaired) electrons. The first-order valence-electron chi connectivity index (χ1n) is 15.8. The van der Waals surface area contributed by atoms with Gasteiger partial charge in [0.15, 0.2) is 5.82 Å². The zero-order valence-corrected chi connectivity index (χ0v) is 24.8. The molecule has 1 aliphatic heterocycles. The van der Waals surface area contributed by atoms with E-state index in [1.54, 1.807) is 7.11 Å². The number of hydrogen-bond acceptors (Lipinski definition) is 6. The van der Waals surface area contributed by atoms with Crippen LogP contribution >= 0.6 is 0 Å². The summed E-state index contributed by atoms with van der Waals surface area (Å²) in [6.07, 6.45) is 10.5. The first-order chi connectivity index (χ1) is 20.5. The van der Waals surface area contributed by atoms with Crippen LogP contribution in [-0.2, 0) is 17.8 Å². The Hall–Kier alpha value is -3.36. The molecule has 3 aromatic heterocycles. The number of nitrogens with zero attached hydrogens (tertiary/aromatic N) is 5. The van der Waals surface area contributed by atoms with Crippen molar-refractivity contribution in [3.8, 4) is 17.3 Å². The van der Waals surface area contributed by atoms with E-state index in [2.05, 4.69) is 44.9 Å². The van der Waals surface area contributed by atoms with E-state index >= 15 is 0 Å². The summed E-state index contributed by atoms with van der Waals surface area (Å²) in [7, 11) is 3.59. The molecule has 8 nitrogen and oxygen atoms in total. The number of nitrogens with two attached hydrogens (primary N) is 1. The second kappa shape index (κ2) is 10.1. The van der Waals surface area contributed by atoms with Crippen molar-refractivity contribution in [2.75, 3.05) is 20.8 Å². The summed E-state index contributed by atoms with van der Waals surface area (Å²) in [6.45, 7) is 7.44. The van der Waals surface area contributed by atoms with Gasteiger partial charge in [-0.05, 0) is 86.6 Å². The molecule has 0 unspecified atom stereocenters. The molecule has 4 aliphatic rings. The molecule has 42 heavy (non-hydrogen) atoms. The van der Waals surface area contributed by atoms with E-state index in [0.29, 0.717) is 29.9 Å². The number of methoxy groups -OCH3 is 2. The summed E-state index contributed by atoms with van der Waals surface area (Å²) in [6, 6.07) is 11.4. The van der Waals surface area contributed by atoms with Crippen LogP contribution in [-0.4, -0.2) is 63.0 Å². The van der Waals surface area contributed by atoms with Gasteiger partial charge in [-0.3, -0.25) is 0 Å². The van der Waals surface area contributed by atoms with Crippen LogP contribution in [0, 0.1) is 17.8 Å². The minimum absolute atomic E-state index is 0. The fraction of sp³-hybridized carbons (Fsp3) is 0.529. The zero-order valence-electron chi connectivity index (χ0n) is 24.8. The van der Waals surface area contributed by atoms with Gasteiger partial charge in [0, 0.05) is 63.1 Å². The SMILES string of the molecule is C=C(c1cc(OC)c2c(c1)nc(-c1cc3cccnc3n1CC1CC1)n2CC1CC(OC)C1)N1C[C@H]2CCC[C@@H]1[C@@H]2N.[HH]. The topological polar surface area (TPSA) is 83.4 Å². The Kier molecular flexibility index (Phi) is 6.34. The van der Waals surface area contributed by atoms with Crippen molar-refractivity contribution in [2.45, 2.75) is 76.2 Å². The number of rotatable bonds is 9. The molecule has 3 atom stereocenters. The minimum atomic E-state index is 0. The van der Waals surface area contributed by atoms with E-state index in [0.717, 1.165) is 89.5 Å². The van der Waals surface area contributed by atoms with E-state index in [-0.39, 0.29) is 7.47 Å². The molecular weight excluding hydrogens is 524 g/mol. The minimum Gasteiger partial charge on any atom is -0.494 e. The van der Waals surface area contributed by atoms with E-state index in [1.165, 1.54) is 25.7 Å². The lowest BCUT2D eigenvalue weighted by molar-refractivity contribution is -0.00392. The molecule has 0 amide bonds. The largest absolute Gasteiger partial charge is 0.494 e. The summed E-state index contributed by atoms with van der Waals surface area (Å²) in [4.78, 5) is 12.7. The average molecular weight is 569 g/mol. The third kappa shape index (κ3) is 4.25. The highest BCUT2D eigenvalue weighted by Crippen LogP contribution is 2.43. The lowest BCUT2D eigenvalue weighted by Gasteiger charge is -2.35. The van der Waals surface area contributed by atoms with Crippen molar-refractivity contribution in [3.63, 3.8) is 0 Å². The van der Waals surface area contributed by atoms with E-state index in [4.69, 9.17) is 25.2 Å². The van der Waals surface area contributed by atoms with Crippen LogP contribution in [0.1, 0.15) is 51.9 Å². The maximum Gasteiger partial charge on any atom is 0.158 e. The Labute approximate surface area is 249 Å². The third-order valence-corrected chi connectivity index (χ3v) is 10.6. The molecule has 2 N–H and O–H groups in total. The number of pyridine rings is 1. The van der Waals surface area contributed by atoms with Gasteiger partial charge in [0.1, 0.15) is 16.9 Å². The van der Waals surface area contributed by atoms with Crippen molar-refractivity contribution >= 4 is 27.8 Å². The Morgan fingerprint density at radius 2 is 1.90 bits per heavy atom. The first-order valence-corrected chi connectivity index (χ1v) is 15.8. The number of hydrogen-bond donors (Lipinski definition) is 1. The standard InChI is InChI=1S/C34H42N6O2.H2/c1-20(38-19-24-6-4-8-28(38)31(24)35)25-14-27-32(30(16-25)42-3)40(18-22-12-26(13-22)41-2)34(37-27)29-15-23-7-5-11-36-33(23)39(29)17-21-9-10-21;/h5,7,11,14-16,21-22,24,26,28,31H,1,4,6,8-10,12-13,17-19,35H2,2-3H3;1H/t22?,24-,26?,28-,31-;/m1./s1. The fourth-order valence-electron chi connectivity index (χ4n) is 7.94. The summed E-state index contributed by atoms with van der Waals surface area (Å²) >= 11 is 0. The van der Waals surface area contributed by atoms with E-state index in [1.807, 2.05) is 19.4 Å². The summed E-state index contributed by atoms with van der Waals surface area (Å²) in [5.41, 5.74) is 12.9. The molecule has 2 bridgehead atoms. The number of fused-ring (bicyclic) bond motifs is 4. The van der Waals surface area contributed by atoms with Gasteiger partial charge < -0.3 is 29.2 Å². The molecule has 3 saturated carbocycles.